The van der Waals surface area contributed by atoms with E-state index < -0.39 is 17.5 Å². The minimum Gasteiger partial charge on any atom is -0.329 e. The van der Waals surface area contributed by atoms with E-state index in [0.29, 0.717) is 11.6 Å². The zero-order valence-corrected chi connectivity index (χ0v) is 10.3. The van der Waals surface area contributed by atoms with Crippen LogP contribution in [0.4, 0.5) is 13.2 Å². The summed E-state index contributed by atoms with van der Waals surface area (Å²) in [5.41, 5.74) is 6.11. The standard InChI is InChI=1S/C13H17F3N2/c1-8-3-2-4-18(8)12(7-17)9-5-10(14)13(16)11(15)6-9/h5-6,8,12H,2-4,7,17H2,1H3. The van der Waals surface area contributed by atoms with Crippen molar-refractivity contribution in [1.82, 2.24) is 4.90 Å². The highest BCUT2D eigenvalue weighted by atomic mass is 19.2. The lowest BCUT2D eigenvalue weighted by Crippen LogP contribution is -2.36. The summed E-state index contributed by atoms with van der Waals surface area (Å²) in [5, 5.41) is 0. The van der Waals surface area contributed by atoms with Gasteiger partial charge >= 0.3 is 0 Å². The molecular weight excluding hydrogens is 241 g/mol. The molecule has 0 amide bonds. The van der Waals surface area contributed by atoms with Crippen LogP contribution in [0.15, 0.2) is 12.1 Å². The van der Waals surface area contributed by atoms with Crippen molar-refractivity contribution in [2.24, 2.45) is 5.73 Å². The number of rotatable bonds is 3. The molecule has 0 saturated carbocycles. The zero-order chi connectivity index (χ0) is 13.3. The second-order valence-electron chi connectivity index (χ2n) is 4.78. The number of hydrogen-bond acceptors (Lipinski definition) is 2. The summed E-state index contributed by atoms with van der Waals surface area (Å²) in [4.78, 5) is 2.12. The summed E-state index contributed by atoms with van der Waals surface area (Å²) < 4.78 is 39.4. The van der Waals surface area contributed by atoms with E-state index in [0.717, 1.165) is 31.5 Å². The molecule has 5 heteroatoms. The maximum atomic E-state index is 13.2. The number of halogens is 3. The van der Waals surface area contributed by atoms with Gasteiger partial charge in [0.15, 0.2) is 17.5 Å². The van der Waals surface area contributed by atoms with Gasteiger partial charge in [-0.1, -0.05) is 0 Å². The average molecular weight is 258 g/mol. The van der Waals surface area contributed by atoms with Gasteiger partial charge in [-0.2, -0.15) is 0 Å². The van der Waals surface area contributed by atoms with Crippen LogP contribution in [0.5, 0.6) is 0 Å². The van der Waals surface area contributed by atoms with Gasteiger partial charge in [-0.3, -0.25) is 4.90 Å². The Bertz CT molecular complexity index is 413. The summed E-state index contributed by atoms with van der Waals surface area (Å²) >= 11 is 0. The molecule has 18 heavy (non-hydrogen) atoms. The minimum absolute atomic E-state index is 0.257. The Balaban J connectivity index is 2.33. The summed E-state index contributed by atoms with van der Waals surface area (Å²) in [6.45, 7) is 3.17. The van der Waals surface area contributed by atoms with Crippen molar-refractivity contribution in [2.75, 3.05) is 13.1 Å². The predicted octanol–water partition coefficient (Wildman–Crippen LogP) is 2.59. The Morgan fingerprint density at radius 1 is 1.33 bits per heavy atom. The van der Waals surface area contributed by atoms with E-state index >= 15 is 0 Å². The van der Waals surface area contributed by atoms with Crippen molar-refractivity contribution in [3.05, 3.63) is 35.1 Å². The lowest BCUT2D eigenvalue weighted by molar-refractivity contribution is 0.194. The zero-order valence-electron chi connectivity index (χ0n) is 10.3. The maximum absolute atomic E-state index is 13.2. The van der Waals surface area contributed by atoms with E-state index in [1.165, 1.54) is 0 Å². The first kappa shape index (κ1) is 13.4. The second-order valence-corrected chi connectivity index (χ2v) is 4.78. The van der Waals surface area contributed by atoms with E-state index in [2.05, 4.69) is 11.8 Å². The van der Waals surface area contributed by atoms with Crippen LogP contribution in [0.2, 0.25) is 0 Å². The molecule has 0 bridgehead atoms. The van der Waals surface area contributed by atoms with Gasteiger partial charge in [0.2, 0.25) is 0 Å². The Morgan fingerprint density at radius 3 is 2.39 bits per heavy atom. The quantitative estimate of drug-likeness (QED) is 0.844. The Kier molecular flexibility index (Phi) is 3.92. The van der Waals surface area contributed by atoms with Crippen molar-refractivity contribution in [3.8, 4) is 0 Å². The van der Waals surface area contributed by atoms with Crippen LogP contribution < -0.4 is 5.73 Å². The molecule has 1 saturated heterocycles. The fraction of sp³-hybridized carbons (Fsp3) is 0.538. The van der Waals surface area contributed by atoms with Crippen molar-refractivity contribution in [2.45, 2.75) is 31.8 Å². The third kappa shape index (κ3) is 2.37. The molecule has 1 fully saturated rings. The van der Waals surface area contributed by atoms with Crippen molar-refractivity contribution in [1.29, 1.82) is 0 Å². The molecule has 0 aliphatic carbocycles. The van der Waals surface area contributed by atoms with E-state index in [9.17, 15) is 13.2 Å². The van der Waals surface area contributed by atoms with Crippen LogP contribution >= 0.6 is 0 Å². The number of hydrogen-bond donors (Lipinski definition) is 1. The number of likely N-dealkylation sites (tertiary alicyclic amines) is 1. The molecule has 2 nitrogen and oxygen atoms in total. The molecule has 1 heterocycles. The first-order chi connectivity index (χ1) is 8.54. The van der Waals surface area contributed by atoms with Crippen LogP contribution in [0.3, 0.4) is 0 Å². The summed E-state index contributed by atoms with van der Waals surface area (Å²) in [5.74, 6) is -3.74. The first-order valence-electron chi connectivity index (χ1n) is 6.15. The Labute approximate surface area is 105 Å². The third-order valence-corrected chi connectivity index (χ3v) is 3.62. The molecule has 2 N–H and O–H groups in total. The molecule has 1 aliphatic rings. The normalized spacial score (nSPS) is 22.4. The Morgan fingerprint density at radius 2 is 1.94 bits per heavy atom. The molecule has 2 atom stereocenters. The molecule has 0 aromatic heterocycles. The van der Waals surface area contributed by atoms with Gasteiger partial charge in [0, 0.05) is 18.6 Å². The fourth-order valence-electron chi connectivity index (χ4n) is 2.65. The highest BCUT2D eigenvalue weighted by Gasteiger charge is 2.29. The molecule has 0 radical (unpaired) electrons. The fourth-order valence-corrected chi connectivity index (χ4v) is 2.65. The molecular formula is C13H17F3N2. The van der Waals surface area contributed by atoms with Gasteiger partial charge in [-0.05, 0) is 44.0 Å². The first-order valence-corrected chi connectivity index (χ1v) is 6.15. The summed E-state index contributed by atoms with van der Waals surface area (Å²) in [7, 11) is 0. The smallest absolute Gasteiger partial charge is 0.194 e. The third-order valence-electron chi connectivity index (χ3n) is 3.62. The highest BCUT2D eigenvalue weighted by molar-refractivity contribution is 5.23. The predicted molar refractivity (Wildman–Crippen MR) is 63.5 cm³/mol. The van der Waals surface area contributed by atoms with Crippen LogP contribution in [0, 0.1) is 17.5 Å². The van der Waals surface area contributed by atoms with Gasteiger partial charge in [0.1, 0.15) is 0 Å². The number of nitrogens with two attached hydrogens (primary N) is 1. The van der Waals surface area contributed by atoms with E-state index in [-0.39, 0.29) is 12.6 Å². The Hall–Kier alpha value is -1.07. The largest absolute Gasteiger partial charge is 0.329 e. The van der Waals surface area contributed by atoms with Crippen molar-refractivity contribution < 1.29 is 13.2 Å². The topological polar surface area (TPSA) is 29.3 Å². The van der Waals surface area contributed by atoms with E-state index in [1.807, 2.05) is 0 Å². The maximum Gasteiger partial charge on any atom is 0.194 e. The van der Waals surface area contributed by atoms with Gasteiger partial charge in [-0.25, -0.2) is 13.2 Å². The second kappa shape index (κ2) is 5.28. The lowest BCUT2D eigenvalue weighted by atomic mass is 10.0. The van der Waals surface area contributed by atoms with Gasteiger partial charge < -0.3 is 5.73 Å². The van der Waals surface area contributed by atoms with Crippen molar-refractivity contribution in [3.63, 3.8) is 0 Å². The SMILES string of the molecule is CC1CCCN1C(CN)c1cc(F)c(F)c(F)c1. The molecule has 100 valence electrons. The number of nitrogens with zero attached hydrogens (tertiary/aromatic N) is 1. The monoisotopic (exact) mass is 258 g/mol. The van der Waals surface area contributed by atoms with E-state index in [4.69, 9.17) is 5.73 Å². The van der Waals surface area contributed by atoms with Crippen LogP contribution in [-0.4, -0.2) is 24.0 Å². The minimum atomic E-state index is -1.43. The average Bonchev–Trinajstić information content (AvgIpc) is 2.74. The van der Waals surface area contributed by atoms with Crippen LogP contribution in [0.1, 0.15) is 31.4 Å². The van der Waals surface area contributed by atoms with Gasteiger partial charge in [0.25, 0.3) is 0 Å². The number of benzene rings is 1. The summed E-state index contributed by atoms with van der Waals surface area (Å²) in [6, 6.07) is 2.16. The molecule has 2 rings (SSSR count). The van der Waals surface area contributed by atoms with Gasteiger partial charge in [-0.15, -0.1) is 0 Å². The molecule has 1 aromatic carbocycles. The van der Waals surface area contributed by atoms with Crippen molar-refractivity contribution >= 4 is 0 Å². The highest BCUT2D eigenvalue weighted by Crippen LogP contribution is 2.30. The van der Waals surface area contributed by atoms with Crippen LogP contribution in [-0.2, 0) is 0 Å². The lowest BCUT2D eigenvalue weighted by Gasteiger charge is -2.31. The molecule has 1 aromatic rings. The van der Waals surface area contributed by atoms with Gasteiger partial charge in [0.05, 0.1) is 0 Å². The van der Waals surface area contributed by atoms with E-state index in [1.54, 1.807) is 0 Å². The molecule has 2 unspecified atom stereocenters. The molecule has 0 spiro atoms. The van der Waals surface area contributed by atoms with Crippen LogP contribution in [0.25, 0.3) is 0 Å². The molecule has 1 aliphatic heterocycles. The summed E-state index contributed by atoms with van der Waals surface area (Å²) in [6.07, 6.45) is 2.09.